The number of nitrogens with zero attached hydrogens (tertiary/aromatic N) is 3. The second-order valence-electron chi connectivity index (χ2n) is 8.96. The monoisotopic (exact) mass is 408 g/mol. The average Bonchev–Trinajstić information content (AvgIpc) is 3.40. The molecule has 0 aromatic carbocycles. The third-order valence-corrected chi connectivity index (χ3v) is 7.51. The minimum absolute atomic E-state index is 0.114. The van der Waals surface area contributed by atoms with Gasteiger partial charge in [-0.25, -0.2) is 0 Å². The van der Waals surface area contributed by atoms with E-state index < -0.39 is 0 Å². The van der Waals surface area contributed by atoms with Crippen LogP contribution in [0, 0.1) is 0 Å². The van der Waals surface area contributed by atoms with E-state index in [4.69, 9.17) is 17.2 Å². The van der Waals surface area contributed by atoms with Crippen LogP contribution in [-0.2, 0) is 0 Å². The maximum Gasteiger partial charge on any atom is 0.170 e. The first-order valence-corrected chi connectivity index (χ1v) is 11.9. The van der Waals surface area contributed by atoms with Crippen LogP contribution < -0.4 is 5.32 Å². The molecule has 1 saturated heterocycles. The molecule has 4 nitrogen and oxygen atoms in total. The van der Waals surface area contributed by atoms with Gasteiger partial charge in [-0.1, -0.05) is 44.6 Å². The minimum atomic E-state index is 0.114. The summed E-state index contributed by atoms with van der Waals surface area (Å²) in [6.07, 6.45) is 17.4. The van der Waals surface area contributed by atoms with Gasteiger partial charge in [0.05, 0.1) is 17.8 Å². The number of nitrogens with one attached hydrogen (secondary N) is 1. The van der Waals surface area contributed by atoms with E-state index in [0.29, 0.717) is 12.1 Å². The Morgan fingerprint density at radius 3 is 2.28 bits per heavy atom. The Morgan fingerprint density at radius 1 is 0.862 bits per heavy atom. The van der Waals surface area contributed by atoms with Gasteiger partial charge in [0, 0.05) is 30.2 Å². The van der Waals surface area contributed by atoms with Crippen LogP contribution in [0.4, 0.5) is 0 Å². The van der Waals surface area contributed by atoms with Gasteiger partial charge in [-0.3, -0.25) is 4.98 Å². The van der Waals surface area contributed by atoms with Gasteiger partial charge in [0.2, 0.25) is 0 Å². The molecule has 0 spiro atoms. The zero-order valence-corrected chi connectivity index (χ0v) is 18.0. The lowest BCUT2D eigenvalue weighted by Gasteiger charge is -2.38. The van der Waals surface area contributed by atoms with Gasteiger partial charge < -0.3 is 14.8 Å². The molecule has 0 amide bonds. The number of hydrogen-bond donors (Lipinski definition) is 1. The first-order chi connectivity index (χ1) is 14.3. The average molecular weight is 409 g/mol. The zero-order valence-electron chi connectivity index (χ0n) is 17.2. The van der Waals surface area contributed by atoms with E-state index in [9.17, 15) is 0 Å². The van der Waals surface area contributed by atoms with E-state index in [-0.39, 0.29) is 12.1 Å². The van der Waals surface area contributed by atoms with Gasteiger partial charge in [-0.05, 0) is 62.2 Å². The highest BCUT2D eigenvalue weighted by molar-refractivity contribution is 7.80. The van der Waals surface area contributed by atoms with Crippen LogP contribution in [0.15, 0.2) is 42.7 Å². The summed E-state index contributed by atoms with van der Waals surface area (Å²) < 4.78 is 2.57. The summed E-state index contributed by atoms with van der Waals surface area (Å²) >= 11 is 5.93. The molecule has 3 aliphatic rings. The van der Waals surface area contributed by atoms with Crippen molar-refractivity contribution in [3.8, 4) is 0 Å². The van der Waals surface area contributed by atoms with Gasteiger partial charge in [-0.2, -0.15) is 0 Å². The van der Waals surface area contributed by atoms with E-state index in [1.54, 1.807) is 0 Å². The maximum absolute atomic E-state index is 5.93. The van der Waals surface area contributed by atoms with Gasteiger partial charge in [0.25, 0.3) is 0 Å². The minimum Gasteiger partial charge on any atom is -0.352 e. The van der Waals surface area contributed by atoms with E-state index in [2.05, 4.69) is 45.2 Å². The quantitative estimate of drug-likeness (QED) is 0.659. The molecule has 1 aliphatic heterocycles. The van der Waals surface area contributed by atoms with Crippen molar-refractivity contribution < 1.29 is 0 Å². The summed E-state index contributed by atoms with van der Waals surface area (Å²) in [5.41, 5.74) is 2.50. The SMILES string of the molecule is S=C1N[C@H](c2ccccn2)[C@H](c2cccn2C2CCCCC2)N1C1CCCCC1. The topological polar surface area (TPSA) is 33.1 Å². The van der Waals surface area contributed by atoms with E-state index in [1.807, 2.05) is 12.3 Å². The standard InChI is InChI=1S/C24H32N4S/c29-24-26-22(20-14-7-8-16-25-20)23(28(24)19-12-5-2-6-13-19)21-15-9-17-27(21)18-10-3-1-4-11-18/h7-9,14-19,22-23H,1-6,10-13H2,(H,26,29)/t22-,23+/m1/s1. The van der Waals surface area contributed by atoms with E-state index in [1.165, 1.54) is 69.9 Å². The molecule has 29 heavy (non-hydrogen) atoms. The molecule has 154 valence electrons. The molecule has 2 aromatic rings. The molecule has 5 heteroatoms. The number of aromatic nitrogens is 2. The van der Waals surface area contributed by atoms with Crippen molar-refractivity contribution in [2.45, 2.75) is 88.4 Å². The number of hydrogen-bond acceptors (Lipinski definition) is 2. The normalized spacial score (nSPS) is 26.6. The van der Waals surface area contributed by atoms with E-state index in [0.717, 1.165) is 10.8 Å². The van der Waals surface area contributed by atoms with Crippen molar-refractivity contribution in [3.05, 3.63) is 54.1 Å². The Kier molecular flexibility index (Phi) is 5.58. The highest BCUT2D eigenvalue weighted by Gasteiger charge is 2.44. The van der Waals surface area contributed by atoms with Crippen molar-refractivity contribution in [3.63, 3.8) is 0 Å². The highest BCUT2D eigenvalue weighted by Crippen LogP contribution is 2.44. The second kappa shape index (κ2) is 8.47. The molecule has 3 heterocycles. The molecule has 5 rings (SSSR count). The van der Waals surface area contributed by atoms with Crippen LogP contribution in [0.25, 0.3) is 0 Å². The molecule has 1 N–H and O–H groups in total. The highest BCUT2D eigenvalue weighted by atomic mass is 32.1. The van der Waals surface area contributed by atoms with Crippen LogP contribution in [0.3, 0.4) is 0 Å². The third-order valence-electron chi connectivity index (χ3n) is 7.19. The van der Waals surface area contributed by atoms with Crippen molar-refractivity contribution in [2.24, 2.45) is 0 Å². The van der Waals surface area contributed by atoms with Crippen molar-refractivity contribution >= 4 is 17.3 Å². The fourth-order valence-electron chi connectivity index (χ4n) is 5.78. The van der Waals surface area contributed by atoms with Crippen LogP contribution >= 0.6 is 12.2 Å². The van der Waals surface area contributed by atoms with Crippen molar-refractivity contribution in [1.82, 2.24) is 19.8 Å². The number of thiocarbonyl (C=S) groups is 1. The van der Waals surface area contributed by atoms with Crippen LogP contribution in [-0.4, -0.2) is 25.6 Å². The summed E-state index contributed by atoms with van der Waals surface area (Å²) in [6, 6.07) is 12.3. The maximum atomic E-state index is 5.93. The zero-order chi connectivity index (χ0) is 19.6. The van der Waals surface area contributed by atoms with Crippen molar-refractivity contribution in [2.75, 3.05) is 0 Å². The summed E-state index contributed by atoms with van der Waals surface area (Å²) in [6.45, 7) is 0. The lowest BCUT2D eigenvalue weighted by molar-refractivity contribution is 0.187. The molecule has 0 bridgehead atoms. The molecular weight excluding hydrogens is 376 g/mol. The molecule has 3 fully saturated rings. The van der Waals surface area contributed by atoms with Gasteiger partial charge >= 0.3 is 0 Å². The first kappa shape index (κ1) is 19.1. The van der Waals surface area contributed by atoms with Crippen molar-refractivity contribution in [1.29, 1.82) is 0 Å². The Balaban J connectivity index is 1.55. The molecule has 2 atom stereocenters. The molecule has 2 aromatic heterocycles. The van der Waals surface area contributed by atoms with Gasteiger partial charge in [-0.15, -0.1) is 0 Å². The van der Waals surface area contributed by atoms with Gasteiger partial charge in [0.15, 0.2) is 5.11 Å². The Bertz CT molecular complexity index is 820. The predicted molar refractivity (Wildman–Crippen MR) is 121 cm³/mol. The summed E-state index contributed by atoms with van der Waals surface area (Å²) in [5, 5.41) is 4.58. The lowest BCUT2D eigenvalue weighted by atomic mass is 9.91. The number of rotatable bonds is 4. The van der Waals surface area contributed by atoms with Gasteiger partial charge in [0.1, 0.15) is 0 Å². The first-order valence-electron chi connectivity index (χ1n) is 11.5. The van der Waals surface area contributed by atoms with Crippen LogP contribution in [0.2, 0.25) is 0 Å². The van der Waals surface area contributed by atoms with Crippen LogP contribution in [0.5, 0.6) is 0 Å². The smallest absolute Gasteiger partial charge is 0.170 e. The molecule has 2 aliphatic carbocycles. The molecule has 2 saturated carbocycles. The Morgan fingerprint density at radius 2 is 1.59 bits per heavy atom. The largest absolute Gasteiger partial charge is 0.352 e. The summed E-state index contributed by atoms with van der Waals surface area (Å²) in [4.78, 5) is 7.26. The van der Waals surface area contributed by atoms with Crippen LogP contribution in [0.1, 0.15) is 93.7 Å². The predicted octanol–water partition coefficient (Wildman–Crippen LogP) is 5.69. The fourth-order valence-corrected chi connectivity index (χ4v) is 6.17. The fraction of sp³-hybridized carbons (Fsp3) is 0.583. The molecule has 0 radical (unpaired) electrons. The van der Waals surface area contributed by atoms with E-state index >= 15 is 0 Å². The summed E-state index contributed by atoms with van der Waals surface area (Å²) in [7, 11) is 0. The third kappa shape index (κ3) is 3.70. The second-order valence-corrected chi connectivity index (χ2v) is 9.34. The summed E-state index contributed by atoms with van der Waals surface area (Å²) in [5.74, 6) is 0. The Labute approximate surface area is 179 Å². The molecule has 0 unspecified atom stereocenters. The number of pyridine rings is 1. The molecular formula is C24H32N4S. The lowest BCUT2D eigenvalue weighted by Crippen LogP contribution is -2.41. The Hall–Kier alpha value is -1.88.